The van der Waals surface area contributed by atoms with E-state index in [2.05, 4.69) is 5.32 Å². The van der Waals surface area contributed by atoms with E-state index in [1.54, 1.807) is 0 Å². The molecule has 0 atom stereocenters. The van der Waals surface area contributed by atoms with Gasteiger partial charge in [0.2, 0.25) is 5.91 Å². The average molecular weight is 261 g/mol. The van der Waals surface area contributed by atoms with Crippen molar-refractivity contribution >= 4 is 5.91 Å². The van der Waals surface area contributed by atoms with Crippen LogP contribution >= 0.6 is 0 Å². The smallest absolute Gasteiger partial charge is 0.223 e. The summed E-state index contributed by atoms with van der Waals surface area (Å²) >= 11 is 0. The number of carbonyl (C=O) groups is 1. The van der Waals surface area contributed by atoms with E-state index in [1.165, 1.54) is 25.0 Å². The Morgan fingerprint density at radius 1 is 1.11 bits per heavy atom. The Labute approximate surface area is 113 Å². The molecular formula is C16H20FNO. The first kappa shape index (κ1) is 12.6. The highest BCUT2D eigenvalue weighted by molar-refractivity contribution is 5.80. The van der Waals surface area contributed by atoms with Gasteiger partial charge in [-0.3, -0.25) is 4.79 Å². The average Bonchev–Trinajstić information content (AvgIpc) is 2.89. The molecule has 102 valence electrons. The van der Waals surface area contributed by atoms with E-state index >= 15 is 0 Å². The van der Waals surface area contributed by atoms with E-state index in [9.17, 15) is 9.18 Å². The molecule has 1 amide bonds. The van der Waals surface area contributed by atoms with Crippen molar-refractivity contribution in [1.29, 1.82) is 0 Å². The van der Waals surface area contributed by atoms with Crippen molar-refractivity contribution in [2.24, 2.45) is 5.92 Å². The number of benzene rings is 1. The molecule has 0 saturated heterocycles. The number of hydrogen-bond acceptors (Lipinski definition) is 1. The van der Waals surface area contributed by atoms with Gasteiger partial charge in [0, 0.05) is 5.92 Å². The van der Waals surface area contributed by atoms with Gasteiger partial charge >= 0.3 is 0 Å². The normalized spacial score (nSPS) is 21.9. The monoisotopic (exact) mass is 261 g/mol. The zero-order valence-electron chi connectivity index (χ0n) is 11.1. The summed E-state index contributed by atoms with van der Waals surface area (Å²) in [6.45, 7) is 0. The Kier molecular flexibility index (Phi) is 3.29. The molecule has 0 aromatic heterocycles. The third kappa shape index (κ3) is 2.38. The van der Waals surface area contributed by atoms with Crippen molar-refractivity contribution in [1.82, 2.24) is 5.32 Å². The second kappa shape index (κ2) is 4.95. The van der Waals surface area contributed by atoms with Gasteiger partial charge in [-0.25, -0.2) is 4.39 Å². The van der Waals surface area contributed by atoms with Crippen LogP contribution in [-0.4, -0.2) is 5.91 Å². The topological polar surface area (TPSA) is 29.1 Å². The first-order valence-corrected chi connectivity index (χ1v) is 7.28. The zero-order valence-corrected chi connectivity index (χ0v) is 11.1. The maximum atomic E-state index is 13.0. The summed E-state index contributed by atoms with van der Waals surface area (Å²) in [4.78, 5) is 12.3. The molecule has 0 aliphatic heterocycles. The summed E-state index contributed by atoms with van der Waals surface area (Å²) in [7, 11) is 0. The summed E-state index contributed by atoms with van der Waals surface area (Å²) in [5.41, 5.74) is 0.819. The molecule has 1 aromatic rings. The summed E-state index contributed by atoms with van der Waals surface area (Å²) in [5, 5.41) is 3.25. The lowest BCUT2D eigenvalue weighted by Crippen LogP contribution is -2.52. The second-order valence-corrected chi connectivity index (χ2v) is 5.91. The fourth-order valence-electron chi connectivity index (χ4n) is 3.31. The lowest BCUT2D eigenvalue weighted by Gasteiger charge is -2.43. The van der Waals surface area contributed by atoms with Crippen LogP contribution in [0, 0.1) is 11.7 Å². The minimum absolute atomic E-state index is 0.193. The van der Waals surface area contributed by atoms with Gasteiger partial charge in [-0.15, -0.1) is 0 Å². The van der Waals surface area contributed by atoms with E-state index in [4.69, 9.17) is 0 Å². The van der Waals surface area contributed by atoms with Crippen LogP contribution in [0.15, 0.2) is 24.3 Å². The largest absolute Gasteiger partial charge is 0.346 e. The molecule has 0 unspecified atom stereocenters. The third-order valence-corrected chi connectivity index (χ3v) is 4.69. The SMILES string of the molecule is O=C(NC1(c2ccc(F)cc2)CCC1)C1CCCC1. The van der Waals surface area contributed by atoms with Gasteiger partial charge < -0.3 is 5.32 Å². The number of hydrogen-bond donors (Lipinski definition) is 1. The van der Waals surface area contributed by atoms with E-state index < -0.39 is 0 Å². The Morgan fingerprint density at radius 2 is 1.74 bits per heavy atom. The molecule has 1 aromatic carbocycles. The van der Waals surface area contributed by atoms with Crippen molar-refractivity contribution < 1.29 is 9.18 Å². The fourth-order valence-corrected chi connectivity index (χ4v) is 3.31. The van der Waals surface area contributed by atoms with Gasteiger partial charge in [0.1, 0.15) is 5.82 Å². The molecule has 2 aliphatic rings. The number of rotatable bonds is 3. The first-order chi connectivity index (χ1) is 9.20. The summed E-state index contributed by atoms with van der Waals surface area (Å²) in [6, 6.07) is 6.58. The first-order valence-electron chi connectivity index (χ1n) is 7.28. The van der Waals surface area contributed by atoms with Gasteiger partial charge in [-0.1, -0.05) is 25.0 Å². The Balaban J connectivity index is 1.75. The van der Waals surface area contributed by atoms with Crippen molar-refractivity contribution in [2.45, 2.75) is 50.5 Å². The molecule has 2 saturated carbocycles. The summed E-state index contributed by atoms with van der Waals surface area (Å²) < 4.78 is 13.0. The molecule has 2 nitrogen and oxygen atoms in total. The van der Waals surface area contributed by atoms with E-state index in [-0.39, 0.29) is 23.2 Å². The highest BCUT2D eigenvalue weighted by atomic mass is 19.1. The maximum absolute atomic E-state index is 13.0. The van der Waals surface area contributed by atoms with Gasteiger partial charge in [0.05, 0.1) is 5.54 Å². The van der Waals surface area contributed by atoms with Crippen LogP contribution in [0.25, 0.3) is 0 Å². The number of nitrogens with one attached hydrogen (secondary N) is 1. The predicted octanol–water partition coefficient (Wildman–Crippen LogP) is 3.51. The number of amides is 1. The number of carbonyl (C=O) groups excluding carboxylic acids is 1. The van der Waals surface area contributed by atoms with Crippen LogP contribution in [0.4, 0.5) is 4.39 Å². The van der Waals surface area contributed by atoms with Crippen molar-refractivity contribution in [2.75, 3.05) is 0 Å². The highest BCUT2D eigenvalue weighted by Crippen LogP contribution is 2.42. The molecule has 3 rings (SSSR count). The quantitative estimate of drug-likeness (QED) is 0.886. The maximum Gasteiger partial charge on any atom is 0.223 e. The van der Waals surface area contributed by atoms with Crippen LogP contribution in [0.3, 0.4) is 0 Å². The van der Waals surface area contributed by atoms with E-state index in [0.29, 0.717) is 0 Å². The molecule has 0 heterocycles. The van der Waals surface area contributed by atoms with Crippen molar-refractivity contribution in [3.05, 3.63) is 35.6 Å². The predicted molar refractivity (Wildman–Crippen MR) is 72.0 cm³/mol. The molecule has 0 radical (unpaired) electrons. The van der Waals surface area contributed by atoms with Gasteiger partial charge in [-0.2, -0.15) is 0 Å². The van der Waals surface area contributed by atoms with Crippen LogP contribution < -0.4 is 5.32 Å². The van der Waals surface area contributed by atoms with Crippen molar-refractivity contribution in [3.8, 4) is 0 Å². The van der Waals surface area contributed by atoms with Crippen LogP contribution in [0.5, 0.6) is 0 Å². The molecule has 3 heteroatoms. The standard InChI is InChI=1S/C16H20FNO/c17-14-8-6-13(7-9-14)16(10-3-11-16)18-15(19)12-4-1-2-5-12/h6-9,12H,1-5,10-11H2,(H,18,19). The summed E-state index contributed by atoms with van der Waals surface area (Å²) in [5.74, 6) is 0.166. The van der Waals surface area contributed by atoms with Gasteiger partial charge in [-0.05, 0) is 49.8 Å². The highest BCUT2D eigenvalue weighted by Gasteiger charge is 2.41. The summed E-state index contributed by atoms with van der Waals surface area (Å²) in [6.07, 6.45) is 7.44. The molecular weight excluding hydrogens is 241 g/mol. The zero-order chi connectivity index (χ0) is 13.3. The van der Waals surface area contributed by atoms with E-state index in [1.807, 2.05) is 12.1 Å². The second-order valence-electron chi connectivity index (χ2n) is 5.91. The van der Waals surface area contributed by atoms with Crippen LogP contribution in [0.1, 0.15) is 50.5 Å². The fraction of sp³-hybridized carbons (Fsp3) is 0.562. The van der Waals surface area contributed by atoms with Crippen molar-refractivity contribution in [3.63, 3.8) is 0 Å². The lowest BCUT2D eigenvalue weighted by molar-refractivity contribution is -0.128. The molecule has 2 fully saturated rings. The molecule has 2 aliphatic carbocycles. The molecule has 0 bridgehead atoms. The number of halogens is 1. The molecule has 19 heavy (non-hydrogen) atoms. The van der Waals surface area contributed by atoms with Gasteiger partial charge in [0.15, 0.2) is 0 Å². The van der Waals surface area contributed by atoms with Crippen LogP contribution in [-0.2, 0) is 10.3 Å². The minimum Gasteiger partial charge on any atom is -0.346 e. The van der Waals surface area contributed by atoms with Crippen LogP contribution in [0.2, 0.25) is 0 Å². The Bertz CT molecular complexity index is 458. The molecule has 0 spiro atoms. The minimum atomic E-state index is -0.229. The Morgan fingerprint density at radius 3 is 2.26 bits per heavy atom. The lowest BCUT2D eigenvalue weighted by atomic mass is 9.71. The Hall–Kier alpha value is -1.38. The van der Waals surface area contributed by atoms with E-state index in [0.717, 1.165) is 37.7 Å². The third-order valence-electron chi connectivity index (χ3n) is 4.69. The van der Waals surface area contributed by atoms with Gasteiger partial charge in [0.25, 0.3) is 0 Å². The molecule has 1 N–H and O–H groups in total.